The Kier molecular flexibility index (Phi) is 7.73. The minimum Gasteiger partial charge on any atom is -0.495 e. The van der Waals surface area contributed by atoms with Gasteiger partial charge in [0.25, 0.3) is 5.91 Å². The first-order valence-corrected chi connectivity index (χ1v) is 10.0. The Hall–Kier alpha value is -2.76. The number of carbonyl (C=O) groups excluding carboxylic acids is 1. The molecule has 0 atom stereocenters. The molecule has 0 spiro atoms. The third-order valence-electron chi connectivity index (χ3n) is 5.23. The zero-order valence-electron chi connectivity index (χ0n) is 17.0. The van der Waals surface area contributed by atoms with Crippen molar-refractivity contribution in [1.82, 2.24) is 15.1 Å². The molecule has 1 N–H and O–H groups in total. The fourth-order valence-electron chi connectivity index (χ4n) is 3.55. The summed E-state index contributed by atoms with van der Waals surface area (Å²) in [4.78, 5) is 18.9. The summed E-state index contributed by atoms with van der Waals surface area (Å²) in [5.74, 6) is 0.543. The van der Waals surface area contributed by atoms with Gasteiger partial charge in [0.2, 0.25) is 0 Å². The molecule has 0 unspecified atom stereocenters. The second-order valence-corrected chi connectivity index (χ2v) is 7.06. The number of piperazine rings is 1. The molecule has 29 heavy (non-hydrogen) atoms. The van der Waals surface area contributed by atoms with E-state index >= 15 is 0 Å². The highest BCUT2D eigenvalue weighted by atomic mass is 16.5. The monoisotopic (exact) mass is 399 g/mol. The number of nitrogens with zero attached hydrogens (tertiary/aromatic N) is 4. The number of benzene rings is 1. The number of morpholine rings is 1. The molecule has 2 aliphatic rings. The van der Waals surface area contributed by atoms with Gasteiger partial charge in [-0.1, -0.05) is 12.1 Å². The molecule has 0 aliphatic carbocycles. The first-order chi connectivity index (χ1) is 14.2. The van der Waals surface area contributed by atoms with Crippen LogP contribution >= 0.6 is 0 Å². The van der Waals surface area contributed by atoms with Crippen molar-refractivity contribution < 1.29 is 14.3 Å². The van der Waals surface area contributed by atoms with Gasteiger partial charge in [-0.25, -0.2) is 0 Å². The van der Waals surface area contributed by atoms with Crippen LogP contribution in [0.4, 0.5) is 5.69 Å². The van der Waals surface area contributed by atoms with Gasteiger partial charge in [-0.2, -0.15) is 5.26 Å². The fourth-order valence-corrected chi connectivity index (χ4v) is 3.55. The van der Waals surface area contributed by atoms with Crippen molar-refractivity contribution >= 4 is 11.6 Å². The zero-order chi connectivity index (χ0) is 20.5. The number of nitriles is 1. The van der Waals surface area contributed by atoms with Crippen LogP contribution in [0, 0.1) is 11.3 Å². The molecule has 8 heteroatoms. The van der Waals surface area contributed by atoms with E-state index in [1.807, 2.05) is 35.2 Å². The zero-order valence-corrected chi connectivity index (χ0v) is 17.0. The first-order valence-electron chi connectivity index (χ1n) is 10.0. The average molecular weight is 399 g/mol. The summed E-state index contributed by atoms with van der Waals surface area (Å²) < 4.78 is 10.8. The lowest BCUT2D eigenvalue weighted by atomic mass is 10.2. The number of methoxy groups -OCH3 is 1. The van der Waals surface area contributed by atoms with E-state index in [0.717, 1.165) is 70.5 Å². The number of rotatable bonds is 7. The van der Waals surface area contributed by atoms with E-state index in [1.165, 1.54) is 0 Å². The third kappa shape index (κ3) is 5.86. The smallest absolute Gasteiger partial charge is 0.263 e. The van der Waals surface area contributed by atoms with E-state index in [9.17, 15) is 10.1 Å². The van der Waals surface area contributed by atoms with E-state index in [-0.39, 0.29) is 11.5 Å². The average Bonchev–Trinajstić information content (AvgIpc) is 2.78. The summed E-state index contributed by atoms with van der Waals surface area (Å²) in [5, 5.41) is 12.3. The van der Waals surface area contributed by atoms with Gasteiger partial charge >= 0.3 is 0 Å². The van der Waals surface area contributed by atoms with Gasteiger partial charge < -0.3 is 24.6 Å². The van der Waals surface area contributed by atoms with Gasteiger partial charge in [-0.3, -0.25) is 9.69 Å². The Bertz CT molecular complexity index is 747. The highest BCUT2D eigenvalue weighted by Gasteiger charge is 2.19. The van der Waals surface area contributed by atoms with Crippen LogP contribution in [-0.4, -0.2) is 88.4 Å². The van der Waals surface area contributed by atoms with Gasteiger partial charge in [0.05, 0.1) is 26.0 Å². The Balaban J connectivity index is 1.48. The second-order valence-electron chi connectivity index (χ2n) is 7.06. The summed E-state index contributed by atoms with van der Waals surface area (Å²) in [6.07, 6.45) is 1.68. The predicted molar refractivity (Wildman–Crippen MR) is 111 cm³/mol. The Labute approximate surface area is 172 Å². The molecule has 1 aromatic rings. The highest BCUT2D eigenvalue weighted by Crippen LogP contribution is 2.28. The minimum absolute atomic E-state index is 0.151. The van der Waals surface area contributed by atoms with Gasteiger partial charge in [0.1, 0.15) is 17.4 Å². The van der Waals surface area contributed by atoms with Crippen molar-refractivity contribution in [2.75, 3.05) is 77.6 Å². The minimum atomic E-state index is -0.312. The maximum absolute atomic E-state index is 12.4. The van der Waals surface area contributed by atoms with Crippen LogP contribution in [0.2, 0.25) is 0 Å². The van der Waals surface area contributed by atoms with Gasteiger partial charge in [0, 0.05) is 58.6 Å². The molecule has 2 saturated heterocycles. The van der Waals surface area contributed by atoms with Gasteiger partial charge in [-0.05, 0) is 12.1 Å². The number of carbonyl (C=O) groups is 1. The summed E-state index contributed by atoms with van der Waals surface area (Å²) in [6, 6.07) is 10.00. The lowest BCUT2D eigenvalue weighted by Gasteiger charge is -2.36. The van der Waals surface area contributed by atoms with Crippen LogP contribution in [0.3, 0.4) is 0 Å². The SMILES string of the molecule is COc1ccccc1N1CCN(/C=C(/C#N)C(=O)NCCN2CCOCC2)CC1. The van der Waals surface area contributed by atoms with Crippen molar-refractivity contribution in [2.24, 2.45) is 0 Å². The summed E-state index contributed by atoms with van der Waals surface area (Å²) in [5.41, 5.74) is 1.22. The molecule has 0 bridgehead atoms. The molecule has 1 aromatic carbocycles. The van der Waals surface area contributed by atoms with Crippen LogP contribution < -0.4 is 15.0 Å². The predicted octanol–water partition coefficient (Wildman–Crippen LogP) is 0.673. The molecule has 0 aromatic heterocycles. The van der Waals surface area contributed by atoms with Crippen molar-refractivity contribution in [3.05, 3.63) is 36.0 Å². The molecule has 0 radical (unpaired) electrons. The number of amides is 1. The number of hydrogen-bond acceptors (Lipinski definition) is 7. The van der Waals surface area contributed by atoms with Crippen LogP contribution in [0.5, 0.6) is 5.75 Å². The van der Waals surface area contributed by atoms with Crippen molar-refractivity contribution in [3.8, 4) is 11.8 Å². The third-order valence-corrected chi connectivity index (χ3v) is 5.23. The molecule has 1 amide bonds. The van der Waals surface area contributed by atoms with E-state index in [4.69, 9.17) is 9.47 Å². The van der Waals surface area contributed by atoms with Crippen LogP contribution in [0.1, 0.15) is 0 Å². The summed E-state index contributed by atoms with van der Waals surface area (Å²) in [6.45, 7) is 7.61. The van der Waals surface area contributed by atoms with Gasteiger partial charge in [-0.15, -0.1) is 0 Å². The maximum atomic E-state index is 12.4. The molecule has 156 valence electrons. The molecule has 8 nitrogen and oxygen atoms in total. The molecule has 2 fully saturated rings. The van der Waals surface area contributed by atoms with Crippen LogP contribution in [0.15, 0.2) is 36.0 Å². The van der Waals surface area contributed by atoms with E-state index in [0.29, 0.717) is 6.54 Å². The van der Waals surface area contributed by atoms with Crippen molar-refractivity contribution in [1.29, 1.82) is 5.26 Å². The van der Waals surface area contributed by atoms with E-state index in [2.05, 4.69) is 15.1 Å². The molecule has 2 heterocycles. The summed E-state index contributed by atoms with van der Waals surface area (Å²) in [7, 11) is 1.68. The number of nitrogens with one attached hydrogen (secondary N) is 1. The standard InChI is InChI=1S/C21H29N5O3/c1-28-20-5-3-2-4-19(20)26-10-8-25(9-11-26)17-18(16-22)21(27)23-6-7-24-12-14-29-15-13-24/h2-5,17H,6-15H2,1H3,(H,23,27)/b18-17-. The molecular formula is C21H29N5O3. The Morgan fingerprint density at radius 2 is 1.93 bits per heavy atom. The molecule has 3 rings (SSSR count). The fraction of sp³-hybridized carbons (Fsp3) is 0.524. The lowest BCUT2D eigenvalue weighted by molar-refractivity contribution is -0.117. The second kappa shape index (κ2) is 10.7. The number of anilines is 1. The van der Waals surface area contributed by atoms with Crippen LogP contribution in [-0.2, 0) is 9.53 Å². The van der Waals surface area contributed by atoms with Crippen LogP contribution in [0.25, 0.3) is 0 Å². The summed E-state index contributed by atoms with van der Waals surface area (Å²) >= 11 is 0. The highest BCUT2D eigenvalue weighted by molar-refractivity contribution is 5.97. The Morgan fingerprint density at radius 1 is 1.21 bits per heavy atom. The van der Waals surface area contributed by atoms with E-state index in [1.54, 1.807) is 13.3 Å². The maximum Gasteiger partial charge on any atom is 0.263 e. The quantitative estimate of drug-likeness (QED) is 0.533. The lowest BCUT2D eigenvalue weighted by Crippen LogP contribution is -2.45. The normalized spacial score (nSPS) is 18.3. The first kappa shape index (κ1) is 21.0. The molecular weight excluding hydrogens is 370 g/mol. The number of para-hydroxylation sites is 2. The largest absolute Gasteiger partial charge is 0.495 e. The topological polar surface area (TPSA) is 81.1 Å². The Morgan fingerprint density at radius 3 is 2.62 bits per heavy atom. The van der Waals surface area contributed by atoms with Crippen molar-refractivity contribution in [2.45, 2.75) is 0 Å². The van der Waals surface area contributed by atoms with Crippen molar-refractivity contribution in [3.63, 3.8) is 0 Å². The molecule has 2 aliphatic heterocycles. The number of ether oxygens (including phenoxy) is 2. The van der Waals surface area contributed by atoms with Gasteiger partial charge in [0.15, 0.2) is 0 Å². The molecule has 0 saturated carbocycles. The number of hydrogen-bond donors (Lipinski definition) is 1. The van der Waals surface area contributed by atoms with E-state index < -0.39 is 0 Å².